The largest absolute Gasteiger partial charge is 0.381 e. The summed E-state index contributed by atoms with van der Waals surface area (Å²) >= 11 is 0. The second kappa shape index (κ2) is 5.22. The zero-order valence-corrected chi connectivity index (χ0v) is 11.4. The van der Waals surface area contributed by atoms with Gasteiger partial charge in [-0.05, 0) is 26.2 Å². The van der Waals surface area contributed by atoms with Crippen molar-refractivity contribution in [1.29, 1.82) is 0 Å². The average molecular weight is 262 g/mol. The molecular formula is C11H22N2O3S. The van der Waals surface area contributed by atoms with Gasteiger partial charge in [0.1, 0.15) is 0 Å². The molecule has 0 radical (unpaired) electrons. The molecule has 6 heteroatoms. The van der Waals surface area contributed by atoms with Gasteiger partial charge in [-0.15, -0.1) is 0 Å². The summed E-state index contributed by atoms with van der Waals surface area (Å²) in [7, 11) is -3.14. The molecule has 2 fully saturated rings. The van der Waals surface area contributed by atoms with Crippen LogP contribution >= 0.6 is 0 Å². The van der Waals surface area contributed by atoms with Crippen molar-refractivity contribution in [2.45, 2.75) is 32.4 Å². The minimum Gasteiger partial charge on any atom is -0.381 e. The van der Waals surface area contributed by atoms with E-state index in [1.54, 1.807) is 4.31 Å². The highest BCUT2D eigenvalue weighted by Crippen LogP contribution is 2.20. The van der Waals surface area contributed by atoms with Crippen LogP contribution in [0.2, 0.25) is 0 Å². The maximum Gasteiger partial charge on any atom is 0.214 e. The Morgan fingerprint density at radius 3 is 2.82 bits per heavy atom. The molecule has 2 aliphatic rings. The molecule has 100 valence electrons. The predicted octanol–water partition coefficient (Wildman–Crippen LogP) is 0.0349. The van der Waals surface area contributed by atoms with E-state index < -0.39 is 10.0 Å². The van der Waals surface area contributed by atoms with Crippen molar-refractivity contribution in [2.75, 3.05) is 32.1 Å². The second-order valence-electron chi connectivity index (χ2n) is 5.10. The van der Waals surface area contributed by atoms with Gasteiger partial charge in [0.15, 0.2) is 0 Å². The van der Waals surface area contributed by atoms with Gasteiger partial charge in [-0.3, -0.25) is 0 Å². The molecule has 3 unspecified atom stereocenters. The zero-order chi connectivity index (χ0) is 12.5. The smallest absolute Gasteiger partial charge is 0.214 e. The van der Waals surface area contributed by atoms with E-state index in [-0.39, 0.29) is 23.8 Å². The van der Waals surface area contributed by atoms with Crippen LogP contribution in [0.15, 0.2) is 0 Å². The van der Waals surface area contributed by atoms with Gasteiger partial charge in [-0.25, -0.2) is 8.42 Å². The van der Waals surface area contributed by atoms with Crippen LogP contribution < -0.4 is 5.32 Å². The van der Waals surface area contributed by atoms with E-state index in [4.69, 9.17) is 4.74 Å². The van der Waals surface area contributed by atoms with E-state index in [1.165, 1.54) is 0 Å². The fourth-order valence-electron chi connectivity index (χ4n) is 2.53. The van der Waals surface area contributed by atoms with E-state index in [0.717, 1.165) is 13.0 Å². The van der Waals surface area contributed by atoms with E-state index in [9.17, 15) is 8.42 Å². The Morgan fingerprint density at radius 2 is 2.18 bits per heavy atom. The molecule has 2 aliphatic heterocycles. The molecule has 0 aromatic carbocycles. The van der Waals surface area contributed by atoms with Gasteiger partial charge in [0, 0.05) is 31.8 Å². The average Bonchev–Trinajstić information content (AvgIpc) is 2.73. The van der Waals surface area contributed by atoms with Gasteiger partial charge in [0.05, 0.1) is 12.4 Å². The van der Waals surface area contributed by atoms with Gasteiger partial charge < -0.3 is 10.1 Å². The van der Waals surface area contributed by atoms with E-state index in [2.05, 4.69) is 5.32 Å². The normalized spacial score (nSPS) is 36.2. The van der Waals surface area contributed by atoms with Crippen molar-refractivity contribution in [2.24, 2.45) is 5.92 Å². The molecule has 0 amide bonds. The number of rotatable bonds is 3. The highest BCUT2D eigenvalue weighted by Gasteiger charge is 2.35. The molecule has 0 bridgehead atoms. The number of ether oxygens (including phenoxy) is 1. The lowest BCUT2D eigenvalue weighted by atomic mass is 10.1. The first-order valence-electron chi connectivity index (χ1n) is 6.31. The molecule has 1 N–H and O–H groups in total. The molecule has 0 spiro atoms. The predicted molar refractivity (Wildman–Crippen MR) is 66.3 cm³/mol. The Morgan fingerprint density at radius 1 is 1.41 bits per heavy atom. The number of piperazine rings is 1. The van der Waals surface area contributed by atoms with E-state index in [1.807, 2.05) is 13.8 Å². The SMILES string of the molecule is CC1NCCN(S(=O)(=O)CC2CCOC2)C1C. The number of hydrogen-bond donors (Lipinski definition) is 1. The molecule has 0 aromatic rings. The Balaban J connectivity index is 2.03. The van der Waals surface area contributed by atoms with E-state index in [0.29, 0.717) is 19.8 Å². The summed E-state index contributed by atoms with van der Waals surface area (Å²) in [5.41, 5.74) is 0. The molecule has 3 atom stereocenters. The zero-order valence-electron chi connectivity index (χ0n) is 10.6. The number of nitrogens with zero attached hydrogens (tertiary/aromatic N) is 1. The van der Waals surface area contributed by atoms with Gasteiger partial charge >= 0.3 is 0 Å². The fourth-order valence-corrected chi connectivity index (χ4v) is 4.64. The van der Waals surface area contributed by atoms with Crippen LogP contribution in [0.25, 0.3) is 0 Å². The van der Waals surface area contributed by atoms with Crippen LogP contribution in [0, 0.1) is 5.92 Å². The number of nitrogens with one attached hydrogen (secondary N) is 1. The molecule has 17 heavy (non-hydrogen) atoms. The van der Waals surface area contributed by atoms with Crippen LogP contribution in [-0.4, -0.2) is 56.9 Å². The number of hydrogen-bond acceptors (Lipinski definition) is 4. The van der Waals surface area contributed by atoms with Crippen LogP contribution in [0.3, 0.4) is 0 Å². The maximum atomic E-state index is 12.3. The van der Waals surface area contributed by atoms with Gasteiger partial charge in [-0.1, -0.05) is 0 Å². The second-order valence-corrected chi connectivity index (χ2v) is 7.07. The van der Waals surface area contributed by atoms with E-state index >= 15 is 0 Å². The lowest BCUT2D eigenvalue weighted by molar-refractivity contribution is 0.187. The minimum atomic E-state index is -3.14. The Labute approximate surface area is 104 Å². The summed E-state index contributed by atoms with van der Waals surface area (Å²) in [4.78, 5) is 0. The summed E-state index contributed by atoms with van der Waals surface area (Å²) in [5, 5.41) is 3.30. The molecular weight excluding hydrogens is 240 g/mol. The highest BCUT2D eigenvalue weighted by molar-refractivity contribution is 7.89. The standard InChI is InChI=1S/C11H22N2O3S/c1-9-10(2)13(5-4-12-9)17(14,15)8-11-3-6-16-7-11/h9-12H,3-8H2,1-2H3. The van der Waals surface area contributed by atoms with Crippen molar-refractivity contribution in [3.8, 4) is 0 Å². The lowest BCUT2D eigenvalue weighted by Crippen LogP contribution is -2.57. The van der Waals surface area contributed by atoms with Crippen molar-refractivity contribution >= 4 is 10.0 Å². The summed E-state index contributed by atoms with van der Waals surface area (Å²) in [6.45, 7) is 6.63. The summed E-state index contributed by atoms with van der Waals surface area (Å²) < 4.78 is 31.6. The van der Waals surface area contributed by atoms with Gasteiger partial charge in [0.2, 0.25) is 10.0 Å². The first-order valence-corrected chi connectivity index (χ1v) is 7.92. The van der Waals surface area contributed by atoms with Crippen LogP contribution in [0.1, 0.15) is 20.3 Å². The monoisotopic (exact) mass is 262 g/mol. The summed E-state index contributed by atoms with van der Waals surface area (Å²) in [6.07, 6.45) is 0.870. The lowest BCUT2D eigenvalue weighted by Gasteiger charge is -2.37. The first-order chi connectivity index (χ1) is 8.00. The summed E-state index contributed by atoms with van der Waals surface area (Å²) in [6, 6.07) is 0.259. The molecule has 2 heterocycles. The topological polar surface area (TPSA) is 58.6 Å². The molecule has 0 aromatic heterocycles. The first kappa shape index (κ1) is 13.3. The molecule has 0 saturated carbocycles. The Hall–Kier alpha value is -0.170. The van der Waals surface area contributed by atoms with Crippen LogP contribution in [0.5, 0.6) is 0 Å². The Bertz CT molecular complexity index is 352. The van der Waals surface area contributed by atoms with Crippen LogP contribution in [-0.2, 0) is 14.8 Å². The third-order valence-electron chi connectivity index (χ3n) is 3.80. The molecule has 2 rings (SSSR count). The maximum absolute atomic E-state index is 12.3. The molecule has 5 nitrogen and oxygen atoms in total. The third kappa shape index (κ3) is 2.99. The van der Waals surface area contributed by atoms with Crippen LogP contribution in [0.4, 0.5) is 0 Å². The van der Waals surface area contributed by atoms with Gasteiger partial charge in [-0.2, -0.15) is 4.31 Å². The number of sulfonamides is 1. The van der Waals surface area contributed by atoms with Crippen molar-refractivity contribution in [1.82, 2.24) is 9.62 Å². The molecule has 2 saturated heterocycles. The molecule has 0 aliphatic carbocycles. The highest BCUT2D eigenvalue weighted by atomic mass is 32.2. The van der Waals surface area contributed by atoms with Crippen molar-refractivity contribution in [3.05, 3.63) is 0 Å². The third-order valence-corrected chi connectivity index (χ3v) is 5.93. The quantitative estimate of drug-likeness (QED) is 0.780. The Kier molecular flexibility index (Phi) is 4.07. The minimum absolute atomic E-state index is 0.0380. The fraction of sp³-hybridized carbons (Fsp3) is 1.00. The summed E-state index contributed by atoms with van der Waals surface area (Å²) in [5.74, 6) is 0.418. The van der Waals surface area contributed by atoms with Crippen molar-refractivity contribution < 1.29 is 13.2 Å². The van der Waals surface area contributed by atoms with Gasteiger partial charge in [0.25, 0.3) is 0 Å². The van der Waals surface area contributed by atoms with Crippen molar-refractivity contribution in [3.63, 3.8) is 0 Å².